The first kappa shape index (κ1) is 32.3. The Hall–Kier alpha value is -3.60. The zero-order chi connectivity index (χ0) is 31.5. The standard InChI is InChI=1S/C32H43N3O7S/c1-19-7-11-25(12-8-19)34-31(38)35-43(39,40)26-13-9-24(10-14-26)16-18-33-30(37)32(6)17-15-27-22(4)28(41-23(5)36)20(2)21(3)29(27)42-32/h9-10,13-14,19,25H,7-8,11-12,15-18H2,1-6H3,(H,33,37)(H2,34,35,38). The molecule has 3 N–H and O–H groups in total. The number of carbonyl (C=O) groups is 3. The van der Waals surface area contributed by atoms with Crippen molar-refractivity contribution >= 4 is 27.9 Å². The highest BCUT2D eigenvalue weighted by atomic mass is 32.2. The molecule has 1 heterocycles. The summed E-state index contributed by atoms with van der Waals surface area (Å²) in [5, 5.41) is 5.72. The maximum atomic E-state index is 13.2. The van der Waals surface area contributed by atoms with Gasteiger partial charge in [0.15, 0.2) is 5.60 Å². The zero-order valence-corrected chi connectivity index (χ0v) is 26.7. The number of fused-ring (bicyclic) bond motifs is 1. The highest BCUT2D eigenvalue weighted by Crippen LogP contribution is 2.44. The van der Waals surface area contributed by atoms with Gasteiger partial charge in [-0.3, -0.25) is 9.59 Å². The topological polar surface area (TPSA) is 140 Å². The van der Waals surface area contributed by atoms with Crippen molar-refractivity contribution in [3.63, 3.8) is 0 Å². The number of ether oxygens (including phenoxy) is 2. The van der Waals surface area contributed by atoms with Crippen molar-refractivity contribution in [1.29, 1.82) is 0 Å². The third-order valence-corrected chi connectivity index (χ3v) is 10.1. The van der Waals surface area contributed by atoms with Crippen LogP contribution < -0.4 is 24.8 Å². The molecule has 0 bridgehead atoms. The summed E-state index contributed by atoms with van der Waals surface area (Å²) in [4.78, 5) is 37.1. The van der Waals surface area contributed by atoms with Crippen LogP contribution >= 0.6 is 0 Å². The molecule has 43 heavy (non-hydrogen) atoms. The lowest BCUT2D eigenvalue weighted by molar-refractivity contribution is -0.136. The van der Waals surface area contributed by atoms with Gasteiger partial charge in [-0.15, -0.1) is 0 Å². The number of hydrogen-bond donors (Lipinski definition) is 3. The average Bonchev–Trinajstić information content (AvgIpc) is 2.95. The number of carbonyl (C=O) groups excluding carboxylic acids is 3. The largest absolute Gasteiger partial charge is 0.477 e. The molecule has 234 valence electrons. The lowest BCUT2D eigenvalue weighted by atomic mass is 9.86. The number of urea groups is 1. The van der Waals surface area contributed by atoms with Crippen molar-refractivity contribution in [3.8, 4) is 11.5 Å². The second-order valence-corrected chi connectivity index (χ2v) is 13.8. The summed E-state index contributed by atoms with van der Waals surface area (Å²) in [5.74, 6) is 1.21. The van der Waals surface area contributed by atoms with E-state index in [0.29, 0.717) is 43.2 Å². The summed E-state index contributed by atoms with van der Waals surface area (Å²) in [5.41, 5.74) is 3.18. The summed E-state index contributed by atoms with van der Waals surface area (Å²) in [6.07, 6.45) is 5.25. The van der Waals surface area contributed by atoms with Crippen LogP contribution in [0.25, 0.3) is 0 Å². The van der Waals surface area contributed by atoms with E-state index in [-0.39, 0.29) is 22.8 Å². The van der Waals surface area contributed by atoms with Crippen molar-refractivity contribution in [2.75, 3.05) is 6.54 Å². The van der Waals surface area contributed by atoms with Gasteiger partial charge in [-0.25, -0.2) is 17.9 Å². The molecule has 4 rings (SSSR count). The Labute approximate surface area is 254 Å². The van der Waals surface area contributed by atoms with Crippen molar-refractivity contribution in [2.24, 2.45) is 5.92 Å². The molecule has 1 aliphatic carbocycles. The molecule has 3 amide bonds. The molecule has 2 aromatic rings. The van der Waals surface area contributed by atoms with E-state index in [0.717, 1.165) is 53.5 Å². The van der Waals surface area contributed by atoms with Gasteiger partial charge in [0.05, 0.1) is 4.90 Å². The number of hydrogen-bond acceptors (Lipinski definition) is 7. The van der Waals surface area contributed by atoms with Gasteiger partial charge in [-0.2, -0.15) is 0 Å². The number of benzene rings is 2. The van der Waals surface area contributed by atoms with Gasteiger partial charge in [-0.1, -0.05) is 19.1 Å². The van der Waals surface area contributed by atoms with Crippen molar-refractivity contribution in [3.05, 3.63) is 52.1 Å². The number of rotatable bonds is 8. The van der Waals surface area contributed by atoms with Crippen LogP contribution in [-0.4, -0.2) is 44.5 Å². The first-order valence-corrected chi connectivity index (χ1v) is 16.4. The van der Waals surface area contributed by atoms with E-state index in [1.807, 2.05) is 20.8 Å². The Morgan fingerprint density at radius 1 is 1.00 bits per heavy atom. The van der Waals surface area contributed by atoms with Gasteiger partial charge in [0.25, 0.3) is 15.9 Å². The molecule has 0 spiro atoms. The molecule has 2 aromatic carbocycles. The predicted octanol–water partition coefficient (Wildman–Crippen LogP) is 4.55. The quantitative estimate of drug-likeness (QED) is 0.293. The highest BCUT2D eigenvalue weighted by Gasteiger charge is 2.40. The first-order valence-electron chi connectivity index (χ1n) is 14.9. The van der Waals surface area contributed by atoms with E-state index in [2.05, 4.69) is 22.3 Å². The monoisotopic (exact) mass is 613 g/mol. The summed E-state index contributed by atoms with van der Waals surface area (Å²) < 4.78 is 39.3. The van der Waals surface area contributed by atoms with Crippen LogP contribution in [0.2, 0.25) is 0 Å². The van der Waals surface area contributed by atoms with Crippen LogP contribution in [0.1, 0.15) is 80.7 Å². The lowest BCUT2D eigenvalue weighted by Gasteiger charge is -2.37. The van der Waals surface area contributed by atoms with Gasteiger partial charge in [0.2, 0.25) is 0 Å². The Morgan fingerprint density at radius 2 is 1.65 bits per heavy atom. The smallest absolute Gasteiger partial charge is 0.328 e. The summed E-state index contributed by atoms with van der Waals surface area (Å²) in [7, 11) is -4.01. The molecule has 11 heteroatoms. The normalized spacial score (nSPS) is 21.6. The second kappa shape index (κ2) is 13.0. The Bertz CT molecular complexity index is 1500. The fourth-order valence-corrected chi connectivity index (χ4v) is 6.75. The first-order chi connectivity index (χ1) is 20.2. The SMILES string of the molecule is CC(=O)Oc1c(C)c(C)c2c(c1C)CCC(C)(C(=O)NCCc1ccc(S(=O)(=O)NC(=O)NC3CCC(C)CC3)cc1)O2. The van der Waals surface area contributed by atoms with E-state index in [4.69, 9.17) is 9.47 Å². The molecule has 2 aliphatic rings. The van der Waals surface area contributed by atoms with Crippen LogP contribution in [0.5, 0.6) is 11.5 Å². The molecular formula is C32H43N3O7S. The van der Waals surface area contributed by atoms with Crippen LogP contribution in [0.15, 0.2) is 29.2 Å². The molecular weight excluding hydrogens is 570 g/mol. The lowest BCUT2D eigenvalue weighted by Crippen LogP contribution is -2.51. The average molecular weight is 614 g/mol. The maximum absolute atomic E-state index is 13.2. The number of sulfonamides is 1. The van der Waals surface area contributed by atoms with Crippen molar-refractivity contribution < 1.29 is 32.3 Å². The fourth-order valence-electron chi connectivity index (χ4n) is 5.83. The number of esters is 1. The van der Waals surface area contributed by atoms with E-state index in [9.17, 15) is 22.8 Å². The third-order valence-electron chi connectivity index (χ3n) is 8.73. The van der Waals surface area contributed by atoms with Gasteiger partial charge in [-0.05, 0) is 107 Å². The van der Waals surface area contributed by atoms with Crippen LogP contribution in [0.4, 0.5) is 4.79 Å². The minimum Gasteiger partial charge on any atom is -0.477 e. The third kappa shape index (κ3) is 7.49. The zero-order valence-electron chi connectivity index (χ0n) is 25.9. The van der Waals surface area contributed by atoms with Crippen molar-refractivity contribution in [2.45, 2.75) is 103 Å². The highest BCUT2D eigenvalue weighted by molar-refractivity contribution is 7.90. The van der Waals surface area contributed by atoms with Gasteiger partial charge < -0.3 is 20.1 Å². The van der Waals surface area contributed by atoms with Crippen LogP contribution in [0, 0.1) is 26.7 Å². The predicted molar refractivity (Wildman–Crippen MR) is 163 cm³/mol. The molecule has 1 aliphatic heterocycles. The van der Waals surface area contributed by atoms with E-state index in [1.165, 1.54) is 19.1 Å². The van der Waals surface area contributed by atoms with E-state index in [1.54, 1.807) is 19.1 Å². The molecule has 0 radical (unpaired) electrons. The fraction of sp³-hybridized carbons (Fsp3) is 0.531. The Balaban J connectivity index is 1.31. The van der Waals surface area contributed by atoms with Crippen LogP contribution in [-0.2, 0) is 32.5 Å². The number of amides is 3. The minimum absolute atomic E-state index is 0.00713. The summed E-state index contributed by atoms with van der Waals surface area (Å²) in [6, 6.07) is 5.53. The molecule has 1 atom stereocenters. The van der Waals surface area contributed by atoms with E-state index >= 15 is 0 Å². The van der Waals surface area contributed by atoms with Gasteiger partial charge in [0, 0.05) is 31.5 Å². The maximum Gasteiger partial charge on any atom is 0.328 e. The second-order valence-electron chi connectivity index (χ2n) is 12.1. The van der Waals surface area contributed by atoms with Crippen molar-refractivity contribution in [1.82, 2.24) is 15.4 Å². The molecule has 1 fully saturated rings. The van der Waals surface area contributed by atoms with Crippen LogP contribution in [0.3, 0.4) is 0 Å². The summed E-state index contributed by atoms with van der Waals surface area (Å²) >= 11 is 0. The molecule has 0 saturated heterocycles. The molecule has 1 unspecified atom stereocenters. The Kier molecular flexibility index (Phi) is 9.73. The Morgan fingerprint density at radius 3 is 2.28 bits per heavy atom. The van der Waals surface area contributed by atoms with E-state index < -0.39 is 21.7 Å². The van der Waals surface area contributed by atoms with Gasteiger partial charge >= 0.3 is 12.0 Å². The molecule has 1 saturated carbocycles. The molecule has 10 nitrogen and oxygen atoms in total. The minimum atomic E-state index is -4.01. The van der Waals surface area contributed by atoms with Gasteiger partial charge in [0.1, 0.15) is 11.5 Å². The summed E-state index contributed by atoms with van der Waals surface area (Å²) in [6.45, 7) is 11.3. The molecule has 0 aromatic heterocycles. The number of nitrogens with one attached hydrogen (secondary N) is 3.